The van der Waals surface area contributed by atoms with E-state index in [1.54, 1.807) is 18.4 Å². The summed E-state index contributed by atoms with van der Waals surface area (Å²) in [6.07, 6.45) is 0. The van der Waals surface area contributed by atoms with Crippen LogP contribution in [0.25, 0.3) is 10.1 Å². The second kappa shape index (κ2) is 3.69. The Morgan fingerprint density at radius 3 is 2.71 bits per heavy atom. The van der Waals surface area contributed by atoms with Crippen LogP contribution in [0.1, 0.15) is 0 Å². The highest BCUT2D eigenvalue weighted by molar-refractivity contribution is 7.90. The molecule has 1 fully saturated rings. The summed E-state index contributed by atoms with van der Waals surface area (Å²) in [6.45, 7) is 1.27. The lowest BCUT2D eigenvalue weighted by Gasteiger charge is -2.18. The minimum atomic E-state index is -3.31. The Labute approximate surface area is 104 Å². The molecule has 17 heavy (non-hydrogen) atoms. The Morgan fingerprint density at radius 2 is 2.00 bits per heavy atom. The molecule has 2 heterocycles. The highest BCUT2D eigenvalue weighted by atomic mass is 32.2. The predicted octanol–water partition coefficient (Wildman–Crippen LogP) is 1.90. The van der Waals surface area contributed by atoms with Crippen molar-refractivity contribution in [2.45, 2.75) is 0 Å². The van der Waals surface area contributed by atoms with Crippen LogP contribution in [0.2, 0.25) is 0 Å². The first-order chi connectivity index (χ1) is 8.10. The van der Waals surface area contributed by atoms with Gasteiger partial charge in [-0.3, -0.25) is 4.31 Å². The molecule has 1 aliphatic rings. The Balaban J connectivity index is 2.09. The average molecular weight is 268 g/mol. The van der Waals surface area contributed by atoms with E-state index in [0.717, 1.165) is 15.8 Å². The quantitative estimate of drug-likeness (QED) is 0.798. The van der Waals surface area contributed by atoms with Gasteiger partial charge in [-0.15, -0.1) is 11.3 Å². The molecule has 90 valence electrons. The molecule has 1 saturated heterocycles. The Hall–Kier alpha value is -1.11. The normalized spacial score (nSPS) is 16.3. The van der Waals surface area contributed by atoms with Gasteiger partial charge in [-0.25, -0.2) is 0 Å². The monoisotopic (exact) mass is 268 g/mol. The maximum atomic E-state index is 12.1. The molecule has 0 bridgehead atoms. The van der Waals surface area contributed by atoms with Crippen LogP contribution in [-0.4, -0.2) is 32.9 Å². The lowest BCUT2D eigenvalue weighted by molar-refractivity contribution is 0.561. The van der Waals surface area contributed by atoms with E-state index in [2.05, 4.69) is 0 Å². The van der Waals surface area contributed by atoms with Crippen LogP contribution >= 0.6 is 11.3 Å². The van der Waals surface area contributed by atoms with Crippen LogP contribution in [0, 0.1) is 0 Å². The van der Waals surface area contributed by atoms with Gasteiger partial charge in [0, 0.05) is 35.6 Å². The maximum absolute atomic E-state index is 12.1. The van der Waals surface area contributed by atoms with Crippen LogP contribution in [0.4, 0.5) is 5.69 Å². The number of fused-ring (bicyclic) bond motifs is 1. The molecule has 0 amide bonds. The van der Waals surface area contributed by atoms with E-state index >= 15 is 0 Å². The first-order valence-electron chi connectivity index (χ1n) is 5.31. The van der Waals surface area contributed by atoms with Crippen LogP contribution in [-0.2, 0) is 10.2 Å². The number of hydrogen-bond donors (Lipinski definition) is 0. The van der Waals surface area contributed by atoms with Crippen molar-refractivity contribution < 1.29 is 8.42 Å². The van der Waals surface area contributed by atoms with Gasteiger partial charge >= 0.3 is 10.2 Å². The van der Waals surface area contributed by atoms with E-state index < -0.39 is 10.2 Å². The van der Waals surface area contributed by atoms with Gasteiger partial charge in [-0.1, -0.05) is 18.2 Å². The minimum absolute atomic E-state index is 0.634. The van der Waals surface area contributed by atoms with Crippen LogP contribution in [0.15, 0.2) is 29.6 Å². The Kier molecular flexibility index (Phi) is 2.39. The van der Waals surface area contributed by atoms with E-state index in [-0.39, 0.29) is 0 Å². The number of anilines is 1. The molecule has 0 radical (unpaired) electrons. The number of nitrogens with zero attached hydrogens (tertiary/aromatic N) is 2. The molecule has 0 saturated carbocycles. The zero-order chi connectivity index (χ0) is 12.0. The molecule has 2 aromatic rings. The molecule has 6 heteroatoms. The van der Waals surface area contributed by atoms with Gasteiger partial charge in [-0.05, 0) is 6.07 Å². The molecule has 0 spiro atoms. The topological polar surface area (TPSA) is 40.4 Å². The zero-order valence-corrected chi connectivity index (χ0v) is 11.0. The van der Waals surface area contributed by atoms with Crippen molar-refractivity contribution in [3.63, 3.8) is 0 Å². The van der Waals surface area contributed by atoms with Crippen molar-refractivity contribution >= 4 is 37.3 Å². The molecule has 1 aliphatic heterocycles. The summed E-state index contributed by atoms with van der Waals surface area (Å²) in [4.78, 5) is 0. The van der Waals surface area contributed by atoms with Gasteiger partial charge < -0.3 is 0 Å². The van der Waals surface area contributed by atoms with E-state index in [1.165, 1.54) is 8.61 Å². The van der Waals surface area contributed by atoms with Crippen LogP contribution < -0.4 is 4.31 Å². The lowest BCUT2D eigenvalue weighted by atomic mass is 10.2. The molecule has 0 N–H and O–H groups in total. The van der Waals surface area contributed by atoms with Gasteiger partial charge in [0.05, 0.1) is 5.69 Å². The third-order valence-electron chi connectivity index (χ3n) is 2.88. The van der Waals surface area contributed by atoms with Crippen molar-refractivity contribution in [3.05, 3.63) is 29.6 Å². The summed E-state index contributed by atoms with van der Waals surface area (Å²) in [7, 11) is -1.69. The molecule has 4 nitrogen and oxygen atoms in total. The second-order valence-corrected chi connectivity index (χ2v) is 6.86. The molecule has 0 aliphatic carbocycles. The number of thiophene rings is 1. The van der Waals surface area contributed by atoms with Gasteiger partial charge in [-0.2, -0.15) is 12.7 Å². The fourth-order valence-electron chi connectivity index (χ4n) is 1.78. The third-order valence-corrected chi connectivity index (χ3v) is 5.74. The SMILES string of the molecule is CN(c1csc2ccccc12)S(=O)(=O)N1CC1. The summed E-state index contributed by atoms with van der Waals surface area (Å²) >= 11 is 1.57. The molecule has 0 unspecified atom stereocenters. The minimum Gasteiger partial charge on any atom is -0.259 e. The maximum Gasteiger partial charge on any atom is 0.303 e. The number of rotatable bonds is 3. The van der Waals surface area contributed by atoms with E-state index in [1.807, 2.05) is 29.6 Å². The molecular formula is C11H12N2O2S2. The molecule has 1 aromatic carbocycles. The van der Waals surface area contributed by atoms with Gasteiger partial charge in [0.25, 0.3) is 0 Å². The first-order valence-corrected chi connectivity index (χ1v) is 7.58. The van der Waals surface area contributed by atoms with Gasteiger partial charge in [0.1, 0.15) is 0 Å². The fourth-order valence-corrected chi connectivity index (χ4v) is 4.11. The lowest BCUT2D eigenvalue weighted by Crippen LogP contribution is -2.31. The van der Waals surface area contributed by atoms with E-state index in [0.29, 0.717) is 13.1 Å². The van der Waals surface area contributed by atoms with Crippen molar-refractivity contribution in [2.75, 3.05) is 24.4 Å². The van der Waals surface area contributed by atoms with Crippen LogP contribution in [0.3, 0.4) is 0 Å². The molecule has 3 rings (SSSR count). The summed E-state index contributed by atoms with van der Waals surface area (Å²) < 4.78 is 28.1. The first kappa shape index (κ1) is 11.0. The molecule has 0 atom stereocenters. The molecule has 1 aromatic heterocycles. The summed E-state index contributed by atoms with van der Waals surface area (Å²) in [5, 5.41) is 2.89. The smallest absolute Gasteiger partial charge is 0.259 e. The zero-order valence-electron chi connectivity index (χ0n) is 9.33. The molecular weight excluding hydrogens is 256 g/mol. The third kappa shape index (κ3) is 1.72. The highest BCUT2D eigenvalue weighted by Crippen LogP contribution is 2.34. The van der Waals surface area contributed by atoms with Crippen molar-refractivity contribution in [1.82, 2.24) is 4.31 Å². The van der Waals surface area contributed by atoms with E-state index in [4.69, 9.17) is 0 Å². The van der Waals surface area contributed by atoms with E-state index in [9.17, 15) is 8.42 Å². The van der Waals surface area contributed by atoms with Gasteiger partial charge in [0.15, 0.2) is 0 Å². The summed E-state index contributed by atoms with van der Waals surface area (Å²) in [6, 6.07) is 7.84. The fraction of sp³-hybridized carbons (Fsp3) is 0.273. The second-order valence-electron chi connectivity index (χ2n) is 3.99. The van der Waals surface area contributed by atoms with Crippen molar-refractivity contribution in [2.24, 2.45) is 0 Å². The predicted molar refractivity (Wildman–Crippen MR) is 70.7 cm³/mol. The average Bonchev–Trinajstić information content (AvgIpc) is 3.09. The highest BCUT2D eigenvalue weighted by Gasteiger charge is 2.36. The Bertz CT molecular complexity index is 659. The number of benzene rings is 1. The van der Waals surface area contributed by atoms with Crippen LogP contribution in [0.5, 0.6) is 0 Å². The standard InChI is InChI=1S/C11H12N2O2S2/c1-12(17(14,15)13-6-7-13)10-8-16-11-5-3-2-4-9(10)11/h2-5,8H,6-7H2,1H3. The number of hydrogen-bond acceptors (Lipinski definition) is 3. The summed E-state index contributed by atoms with van der Waals surface area (Å²) in [5.41, 5.74) is 0.762. The van der Waals surface area contributed by atoms with Gasteiger partial charge in [0.2, 0.25) is 0 Å². The Morgan fingerprint density at radius 1 is 1.29 bits per heavy atom. The summed E-state index contributed by atoms with van der Waals surface area (Å²) in [5.74, 6) is 0. The largest absolute Gasteiger partial charge is 0.303 e. The van der Waals surface area contributed by atoms with Crippen molar-refractivity contribution in [1.29, 1.82) is 0 Å². The van der Waals surface area contributed by atoms with Crippen molar-refractivity contribution in [3.8, 4) is 0 Å².